The van der Waals surface area contributed by atoms with Crippen molar-refractivity contribution in [2.75, 3.05) is 13.1 Å². The molecule has 0 saturated carbocycles. The van der Waals surface area contributed by atoms with Crippen molar-refractivity contribution in [2.24, 2.45) is 13.0 Å². The highest BCUT2D eigenvalue weighted by molar-refractivity contribution is 5.00. The second-order valence-corrected chi connectivity index (χ2v) is 3.51. The summed E-state index contributed by atoms with van der Waals surface area (Å²) in [7, 11) is 2.01. The Balaban J connectivity index is 1.82. The van der Waals surface area contributed by atoms with Gasteiger partial charge in [0, 0.05) is 18.9 Å². The lowest BCUT2D eigenvalue weighted by atomic mass is 9.96. The van der Waals surface area contributed by atoms with Gasteiger partial charge in [0.25, 0.3) is 0 Å². The summed E-state index contributed by atoms with van der Waals surface area (Å²) in [5.74, 6) is 0.903. The molecular weight excluding hydrogens is 150 g/mol. The minimum absolute atomic E-state index is 0.903. The third-order valence-corrected chi connectivity index (χ3v) is 2.60. The highest BCUT2D eigenvalue weighted by Crippen LogP contribution is 2.12. The van der Waals surface area contributed by atoms with E-state index in [1.807, 2.05) is 17.9 Å². The molecule has 2 rings (SSSR count). The number of nitrogens with one attached hydrogen (secondary N) is 1. The van der Waals surface area contributed by atoms with Crippen molar-refractivity contribution in [1.29, 1.82) is 0 Å². The molecule has 1 saturated heterocycles. The maximum atomic E-state index is 4.14. The Morgan fingerprint density at radius 3 is 3.00 bits per heavy atom. The van der Waals surface area contributed by atoms with Gasteiger partial charge in [-0.05, 0) is 37.9 Å². The average Bonchev–Trinajstić information content (AvgIpc) is 2.33. The first-order valence-corrected chi connectivity index (χ1v) is 4.54. The SMILES string of the molecule is Cn1nccc1CCC1CNC1. The lowest BCUT2D eigenvalue weighted by Gasteiger charge is -2.26. The molecule has 2 heterocycles. The smallest absolute Gasteiger partial charge is 0.0492 e. The van der Waals surface area contributed by atoms with Crippen LogP contribution in [0.5, 0.6) is 0 Å². The minimum atomic E-state index is 0.903. The van der Waals surface area contributed by atoms with E-state index >= 15 is 0 Å². The van der Waals surface area contributed by atoms with E-state index in [-0.39, 0.29) is 0 Å². The van der Waals surface area contributed by atoms with Crippen LogP contribution in [0.4, 0.5) is 0 Å². The van der Waals surface area contributed by atoms with E-state index in [0.717, 1.165) is 5.92 Å². The second-order valence-electron chi connectivity index (χ2n) is 3.51. The van der Waals surface area contributed by atoms with Gasteiger partial charge in [0.15, 0.2) is 0 Å². The highest BCUT2D eigenvalue weighted by atomic mass is 15.2. The summed E-state index contributed by atoms with van der Waals surface area (Å²) in [6.45, 7) is 2.41. The van der Waals surface area contributed by atoms with E-state index in [4.69, 9.17) is 0 Å². The predicted molar refractivity (Wildman–Crippen MR) is 47.9 cm³/mol. The molecule has 66 valence electrons. The fraction of sp³-hybridized carbons (Fsp3) is 0.667. The number of aromatic nitrogens is 2. The van der Waals surface area contributed by atoms with Gasteiger partial charge in [-0.25, -0.2) is 0 Å². The quantitative estimate of drug-likeness (QED) is 0.709. The number of hydrogen-bond donors (Lipinski definition) is 1. The van der Waals surface area contributed by atoms with Crippen LogP contribution >= 0.6 is 0 Å². The zero-order chi connectivity index (χ0) is 8.39. The summed E-state index contributed by atoms with van der Waals surface area (Å²) in [4.78, 5) is 0. The minimum Gasteiger partial charge on any atom is -0.316 e. The summed E-state index contributed by atoms with van der Waals surface area (Å²) in [5, 5.41) is 7.42. The van der Waals surface area contributed by atoms with E-state index in [1.54, 1.807) is 0 Å². The molecule has 0 amide bonds. The zero-order valence-corrected chi connectivity index (χ0v) is 7.45. The Kier molecular flexibility index (Phi) is 2.13. The van der Waals surface area contributed by atoms with Gasteiger partial charge in [-0.1, -0.05) is 0 Å². The summed E-state index contributed by atoms with van der Waals surface area (Å²) >= 11 is 0. The molecule has 1 aliphatic rings. The predicted octanol–water partition coefficient (Wildman–Crippen LogP) is 0.572. The molecule has 3 nitrogen and oxygen atoms in total. The molecule has 0 aromatic carbocycles. The van der Waals surface area contributed by atoms with Crippen molar-refractivity contribution >= 4 is 0 Å². The van der Waals surface area contributed by atoms with Crippen LogP contribution in [0.15, 0.2) is 12.3 Å². The molecule has 12 heavy (non-hydrogen) atoms. The van der Waals surface area contributed by atoms with E-state index in [9.17, 15) is 0 Å². The van der Waals surface area contributed by atoms with Crippen LogP contribution in [0, 0.1) is 5.92 Å². The molecule has 0 aliphatic carbocycles. The molecule has 0 bridgehead atoms. The Bertz CT molecular complexity index is 250. The molecule has 0 unspecified atom stereocenters. The molecule has 0 atom stereocenters. The zero-order valence-electron chi connectivity index (χ0n) is 7.45. The van der Waals surface area contributed by atoms with Crippen molar-refractivity contribution in [1.82, 2.24) is 15.1 Å². The van der Waals surface area contributed by atoms with E-state index < -0.39 is 0 Å². The summed E-state index contributed by atoms with van der Waals surface area (Å²) < 4.78 is 1.96. The lowest BCUT2D eigenvalue weighted by molar-refractivity contribution is 0.325. The van der Waals surface area contributed by atoms with Gasteiger partial charge in [0.05, 0.1) is 0 Å². The Morgan fingerprint density at radius 1 is 1.67 bits per heavy atom. The Labute approximate surface area is 72.8 Å². The number of rotatable bonds is 3. The molecule has 1 aliphatic heterocycles. The van der Waals surface area contributed by atoms with Crippen molar-refractivity contribution in [2.45, 2.75) is 12.8 Å². The van der Waals surface area contributed by atoms with Crippen molar-refractivity contribution in [3.05, 3.63) is 18.0 Å². The summed E-state index contributed by atoms with van der Waals surface area (Å²) in [5.41, 5.74) is 1.35. The van der Waals surface area contributed by atoms with E-state index in [1.165, 1.54) is 31.6 Å². The Hall–Kier alpha value is -0.830. The number of hydrogen-bond acceptors (Lipinski definition) is 2. The molecule has 3 heteroatoms. The third-order valence-electron chi connectivity index (χ3n) is 2.60. The summed E-state index contributed by atoms with van der Waals surface area (Å²) in [6, 6.07) is 2.10. The molecule has 0 spiro atoms. The molecule has 1 fully saturated rings. The van der Waals surface area contributed by atoms with Crippen LogP contribution in [-0.4, -0.2) is 22.9 Å². The topological polar surface area (TPSA) is 29.9 Å². The molecule has 1 N–H and O–H groups in total. The molecular formula is C9H15N3. The van der Waals surface area contributed by atoms with E-state index in [0.29, 0.717) is 0 Å². The fourth-order valence-electron chi connectivity index (χ4n) is 1.55. The maximum Gasteiger partial charge on any atom is 0.0492 e. The van der Waals surface area contributed by atoms with Crippen LogP contribution in [0.2, 0.25) is 0 Å². The fourth-order valence-corrected chi connectivity index (χ4v) is 1.55. The lowest BCUT2D eigenvalue weighted by Crippen LogP contribution is -2.42. The molecule has 1 aromatic rings. The van der Waals surface area contributed by atoms with Gasteiger partial charge in [-0.3, -0.25) is 4.68 Å². The van der Waals surface area contributed by atoms with Gasteiger partial charge >= 0.3 is 0 Å². The number of aryl methyl sites for hydroxylation is 2. The van der Waals surface area contributed by atoms with Crippen molar-refractivity contribution in [3.63, 3.8) is 0 Å². The van der Waals surface area contributed by atoms with E-state index in [2.05, 4.69) is 16.5 Å². The Morgan fingerprint density at radius 2 is 2.50 bits per heavy atom. The number of nitrogens with zero attached hydrogens (tertiary/aromatic N) is 2. The molecule has 0 radical (unpaired) electrons. The van der Waals surface area contributed by atoms with Crippen LogP contribution in [0.1, 0.15) is 12.1 Å². The van der Waals surface area contributed by atoms with Gasteiger partial charge in [0.1, 0.15) is 0 Å². The van der Waals surface area contributed by atoms with Crippen LogP contribution in [0.3, 0.4) is 0 Å². The maximum absolute atomic E-state index is 4.14. The van der Waals surface area contributed by atoms with Crippen molar-refractivity contribution in [3.8, 4) is 0 Å². The van der Waals surface area contributed by atoms with Crippen LogP contribution in [0.25, 0.3) is 0 Å². The van der Waals surface area contributed by atoms with Gasteiger partial charge in [0.2, 0.25) is 0 Å². The second kappa shape index (κ2) is 3.27. The first-order chi connectivity index (χ1) is 5.86. The molecule has 1 aromatic heterocycles. The monoisotopic (exact) mass is 165 g/mol. The highest BCUT2D eigenvalue weighted by Gasteiger charge is 2.16. The van der Waals surface area contributed by atoms with Crippen LogP contribution < -0.4 is 5.32 Å². The standard InChI is InChI=1S/C9H15N3/c1-12-9(4-5-11-12)3-2-8-6-10-7-8/h4-5,8,10H,2-3,6-7H2,1H3. The van der Waals surface area contributed by atoms with Gasteiger partial charge in [-0.2, -0.15) is 5.10 Å². The third kappa shape index (κ3) is 1.50. The first-order valence-electron chi connectivity index (χ1n) is 4.54. The summed E-state index contributed by atoms with van der Waals surface area (Å²) in [6.07, 6.45) is 4.34. The average molecular weight is 165 g/mol. The normalized spacial score (nSPS) is 17.8. The first kappa shape index (κ1) is 7.80. The largest absolute Gasteiger partial charge is 0.316 e. The van der Waals surface area contributed by atoms with Crippen molar-refractivity contribution < 1.29 is 0 Å². The van der Waals surface area contributed by atoms with Crippen LogP contribution in [-0.2, 0) is 13.5 Å². The van der Waals surface area contributed by atoms with Gasteiger partial charge in [-0.15, -0.1) is 0 Å². The van der Waals surface area contributed by atoms with Gasteiger partial charge < -0.3 is 5.32 Å².